The molecule has 17 heavy (non-hydrogen) atoms. The normalized spacial score (nSPS) is 10.9. The first-order valence-electron chi connectivity index (χ1n) is 4.79. The number of aromatic nitrogens is 1. The lowest BCUT2D eigenvalue weighted by Crippen LogP contribution is -2.30. The SMILES string of the molecule is Cc1[nH]c(=O)c2c(F)cc(B(O)O)cc2c1Cl. The molecular weight excluding hydrogens is 247 g/mol. The van der Waals surface area contributed by atoms with E-state index in [1.807, 2.05) is 0 Å². The molecule has 0 unspecified atom stereocenters. The van der Waals surface area contributed by atoms with Crippen molar-refractivity contribution in [3.63, 3.8) is 0 Å². The summed E-state index contributed by atoms with van der Waals surface area (Å²) in [7, 11) is -1.82. The molecule has 0 aliphatic rings. The summed E-state index contributed by atoms with van der Waals surface area (Å²) in [6, 6.07) is 2.18. The molecule has 0 saturated carbocycles. The van der Waals surface area contributed by atoms with Gasteiger partial charge in [-0.25, -0.2) is 4.39 Å². The van der Waals surface area contributed by atoms with E-state index >= 15 is 0 Å². The van der Waals surface area contributed by atoms with Crippen LogP contribution < -0.4 is 11.0 Å². The second kappa shape index (κ2) is 4.14. The maximum absolute atomic E-state index is 13.7. The van der Waals surface area contributed by atoms with Crippen molar-refractivity contribution in [1.82, 2.24) is 4.98 Å². The third-order valence-corrected chi connectivity index (χ3v) is 2.99. The zero-order valence-corrected chi connectivity index (χ0v) is 9.55. The Balaban J connectivity index is 2.96. The van der Waals surface area contributed by atoms with Crippen molar-refractivity contribution in [2.75, 3.05) is 0 Å². The van der Waals surface area contributed by atoms with Crippen LogP contribution in [0.2, 0.25) is 5.02 Å². The highest BCUT2D eigenvalue weighted by Gasteiger charge is 2.18. The summed E-state index contributed by atoms with van der Waals surface area (Å²) in [6.45, 7) is 1.57. The van der Waals surface area contributed by atoms with Gasteiger partial charge in [0.1, 0.15) is 5.82 Å². The fourth-order valence-corrected chi connectivity index (χ4v) is 1.87. The molecule has 1 aromatic carbocycles. The van der Waals surface area contributed by atoms with Crippen LogP contribution in [0.1, 0.15) is 5.69 Å². The number of rotatable bonds is 1. The van der Waals surface area contributed by atoms with Crippen molar-refractivity contribution in [3.05, 3.63) is 39.0 Å². The van der Waals surface area contributed by atoms with Crippen molar-refractivity contribution >= 4 is 35.0 Å². The predicted molar refractivity (Wildman–Crippen MR) is 64.1 cm³/mol. The molecule has 1 heterocycles. The molecule has 2 aromatic rings. The number of fused-ring (bicyclic) bond motifs is 1. The van der Waals surface area contributed by atoms with Gasteiger partial charge >= 0.3 is 7.12 Å². The van der Waals surface area contributed by atoms with Gasteiger partial charge in [0.15, 0.2) is 0 Å². The van der Waals surface area contributed by atoms with Crippen LogP contribution in [0.15, 0.2) is 16.9 Å². The Morgan fingerprint density at radius 3 is 2.65 bits per heavy atom. The number of aromatic amines is 1. The summed E-state index contributed by atoms with van der Waals surface area (Å²) in [6.07, 6.45) is 0. The van der Waals surface area contributed by atoms with Crippen molar-refractivity contribution < 1.29 is 14.4 Å². The van der Waals surface area contributed by atoms with Crippen LogP contribution in [-0.4, -0.2) is 22.2 Å². The number of benzene rings is 1. The summed E-state index contributed by atoms with van der Waals surface area (Å²) < 4.78 is 13.7. The zero-order chi connectivity index (χ0) is 12.7. The smallest absolute Gasteiger partial charge is 0.423 e. The van der Waals surface area contributed by atoms with Gasteiger partial charge in [-0.1, -0.05) is 17.7 Å². The van der Waals surface area contributed by atoms with E-state index in [1.54, 1.807) is 6.92 Å². The molecule has 0 radical (unpaired) electrons. The summed E-state index contributed by atoms with van der Waals surface area (Å²) in [5.41, 5.74) is -0.256. The minimum Gasteiger partial charge on any atom is -0.423 e. The maximum Gasteiger partial charge on any atom is 0.488 e. The Bertz CT molecular complexity index is 656. The summed E-state index contributed by atoms with van der Waals surface area (Å²) in [5, 5.41) is 18.1. The first-order chi connectivity index (χ1) is 7.91. The van der Waals surface area contributed by atoms with Crippen LogP contribution in [0.25, 0.3) is 10.8 Å². The molecule has 0 bridgehead atoms. The van der Waals surface area contributed by atoms with Crippen LogP contribution in [-0.2, 0) is 0 Å². The molecule has 0 aliphatic carbocycles. The highest BCUT2D eigenvalue weighted by Crippen LogP contribution is 2.23. The first-order valence-corrected chi connectivity index (χ1v) is 5.17. The minimum absolute atomic E-state index is 0.0538. The van der Waals surface area contributed by atoms with E-state index in [4.69, 9.17) is 21.6 Å². The standard InChI is InChI=1S/C10H8BClFNO3/c1-4-9(12)6-2-5(11(16)17)3-7(13)8(6)10(15)14-4/h2-3,16-17H,1H3,(H,14,15). The molecule has 0 amide bonds. The topological polar surface area (TPSA) is 73.3 Å². The number of nitrogens with one attached hydrogen (secondary N) is 1. The minimum atomic E-state index is -1.82. The Labute approximate surface area is 101 Å². The number of aryl methyl sites for hydroxylation is 1. The summed E-state index contributed by atoms with van der Waals surface area (Å²) in [5.74, 6) is -0.839. The molecule has 4 nitrogen and oxygen atoms in total. The Morgan fingerprint density at radius 2 is 2.06 bits per heavy atom. The van der Waals surface area contributed by atoms with Crippen LogP contribution in [0, 0.1) is 12.7 Å². The molecule has 0 aliphatic heterocycles. The lowest BCUT2D eigenvalue weighted by molar-refractivity contribution is 0.425. The molecule has 7 heteroatoms. The Hall–Kier alpha value is -1.37. The number of H-pyrrole nitrogens is 1. The van der Waals surface area contributed by atoms with Gasteiger partial charge < -0.3 is 15.0 Å². The van der Waals surface area contributed by atoms with Crippen molar-refractivity contribution in [1.29, 1.82) is 0 Å². The van der Waals surface area contributed by atoms with Gasteiger partial charge in [0.05, 0.1) is 10.4 Å². The fourth-order valence-electron chi connectivity index (χ4n) is 1.67. The van der Waals surface area contributed by atoms with Crippen molar-refractivity contribution in [3.8, 4) is 0 Å². The summed E-state index contributed by atoms with van der Waals surface area (Å²) in [4.78, 5) is 14.0. The van der Waals surface area contributed by atoms with Crippen molar-refractivity contribution in [2.24, 2.45) is 0 Å². The van der Waals surface area contributed by atoms with Gasteiger partial charge in [0.25, 0.3) is 5.56 Å². The third-order valence-electron chi connectivity index (χ3n) is 2.50. The maximum atomic E-state index is 13.7. The Kier molecular flexibility index (Phi) is 2.95. The molecule has 2 rings (SSSR count). The van der Waals surface area contributed by atoms with E-state index in [1.165, 1.54) is 6.07 Å². The van der Waals surface area contributed by atoms with Crippen LogP contribution >= 0.6 is 11.6 Å². The number of pyridine rings is 1. The van der Waals surface area contributed by atoms with Gasteiger partial charge in [-0.15, -0.1) is 0 Å². The number of hydrogen-bond acceptors (Lipinski definition) is 3. The van der Waals surface area contributed by atoms with E-state index in [9.17, 15) is 9.18 Å². The van der Waals surface area contributed by atoms with Gasteiger partial charge in [0.2, 0.25) is 0 Å². The molecule has 88 valence electrons. The largest absolute Gasteiger partial charge is 0.488 e. The highest BCUT2D eigenvalue weighted by atomic mass is 35.5. The van der Waals surface area contributed by atoms with E-state index in [0.717, 1.165) is 6.07 Å². The second-order valence-electron chi connectivity index (χ2n) is 3.69. The van der Waals surface area contributed by atoms with E-state index < -0.39 is 18.5 Å². The fraction of sp³-hybridized carbons (Fsp3) is 0.100. The Morgan fingerprint density at radius 1 is 1.41 bits per heavy atom. The number of hydrogen-bond donors (Lipinski definition) is 3. The third kappa shape index (κ3) is 1.95. The number of halogens is 2. The quantitative estimate of drug-likeness (QED) is 0.642. The molecule has 0 saturated heterocycles. The molecule has 0 atom stereocenters. The lowest BCUT2D eigenvalue weighted by Gasteiger charge is -2.07. The highest BCUT2D eigenvalue weighted by molar-refractivity contribution is 6.59. The van der Waals surface area contributed by atoms with E-state index in [-0.39, 0.29) is 21.3 Å². The second-order valence-corrected chi connectivity index (χ2v) is 4.07. The molecular formula is C10H8BClFNO3. The predicted octanol–water partition coefficient (Wildman–Crippen LogP) is 0.309. The van der Waals surface area contributed by atoms with Crippen LogP contribution in [0.3, 0.4) is 0 Å². The average Bonchev–Trinajstić information content (AvgIpc) is 2.24. The van der Waals surface area contributed by atoms with Crippen molar-refractivity contribution in [2.45, 2.75) is 6.92 Å². The van der Waals surface area contributed by atoms with Crippen LogP contribution in [0.4, 0.5) is 4.39 Å². The van der Waals surface area contributed by atoms with Gasteiger partial charge in [-0.2, -0.15) is 0 Å². The van der Waals surface area contributed by atoms with E-state index in [2.05, 4.69) is 4.98 Å². The van der Waals surface area contributed by atoms with Crippen LogP contribution in [0.5, 0.6) is 0 Å². The lowest BCUT2D eigenvalue weighted by atomic mass is 9.79. The molecule has 0 spiro atoms. The van der Waals surface area contributed by atoms with Gasteiger partial charge in [-0.05, 0) is 18.5 Å². The van der Waals surface area contributed by atoms with Gasteiger partial charge in [0, 0.05) is 11.1 Å². The summed E-state index contributed by atoms with van der Waals surface area (Å²) >= 11 is 5.95. The molecule has 0 fully saturated rings. The van der Waals surface area contributed by atoms with E-state index in [0.29, 0.717) is 5.69 Å². The van der Waals surface area contributed by atoms with Gasteiger partial charge in [-0.3, -0.25) is 4.79 Å². The molecule has 1 aromatic heterocycles. The average molecular weight is 255 g/mol. The monoisotopic (exact) mass is 255 g/mol. The first kappa shape index (κ1) is 12.1. The zero-order valence-electron chi connectivity index (χ0n) is 8.79. The molecule has 3 N–H and O–H groups in total.